The van der Waals surface area contributed by atoms with Gasteiger partial charge in [0.25, 0.3) is 0 Å². The molecule has 0 spiro atoms. The van der Waals surface area contributed by atoms with Crippen molar-refractivity contribution < 1.29 is 19.5 Å². The predicted octanol–water partition coefficient (Wildman–Crippen LogP) is 1.36. The Balaban J connectivity index is 0.000000640. The second-order valence-electron chi connectivity index (χ2n) is 1.40. The second kappa shape index (κ2) is 4.24. The molecule has 0 bridgehead atoms. The van der Waals surface area contributed by atoms with Gasteiger partial charge in [0.15, 0.2) is 0 Å². The first-order chi connectivity index (χ1) is 3.93. The maximum atomic E-state index is 8.27. The topological polar surface area (TPSA) is 23.8 Å². The van der Waals surface area contributed by atoms with Crippen molar-refractivity contribution in [3.63, 3.8) is 0 Å². The predicted molar refractivity (Wildman–Crippen MR) is 30.0 cm³/mol. The summed E-state index contributed by atoms with van der Waals surface area (Å²) in [7, 11) is 0. The van der Waals surface area contributed by atoms with Gasteiger partial charge in [-0.05, 0) is 0 Å². The molecule has 0 heterocycles. The molecule has 0 fully saturated rings. The number of rotatable bonds is 0. The summed E-state index contributed by atoms with van der Waals surface area (Å²) in [6.45, 7) is 0. The zero-order chi connectivity index (χ0) is 5.82. The summed E-state index contributed by atoms with van der Waals surface area (Å²) in [5, 5.41) is 8.27. The van der Waals surface area contributed by atoms with Crippen LogP contribution in [0.3, 0.4) is 0 Å². The van der Waals surface area contributed by atoms with E-state index in [1.165, 1.54) is 0 Å². The molecule has 9 heavy (non-hydrogen) atoms. The van der Waals surface area contributed by atoms with Gasteiger partial charge in [0.2, 0.25) is 0 Å². The van der Waals surface area contributed by atoms with Gasteiger partial charge in [0.05, 0.1) is 0 Å². The maximum Gasteiger partial charge on any atom is 0.0307 e. The monoisotopic (exact) mass is 166 g/mol. The number of hydrogen-bond acceptors (Lipinski definition) is 1. The molecule has 1 aromatic rings. The van der Waals surface area contributed by atoms with Crippen LogP contribution in [-0.2, 0) is 19.5 Å². The average Bonchev–Trinajstić information content (AvgIpc) is 1.90. The van der Waals surface area contributed by atoms with E-state index >= 15 is 0 Å². The van der Waals surface area contributed by atoms with Gasteiger partial charge < -0.3 is 0 Å². The number of nitrogens with zero attached hydrogens (tertiary/aromatic N) is 1. The van der Waals surface area contributed by atoms with Crippen molar-refractivity contribution in [3.8, 4) is 6.07 Å². The minimum absolute atomic E-state index is 0. The van der Waals surface area contributed by atoms with Crippen LogP contribution < -0.4 is 0 Å². The van der Waals surface area contributed by atoms with E-state index in [1.54, 1.807) is 24.3 Å². The van der Waals surface area contributed by atoms with Gasteiger partial charge in [0.1, 0.15) is 0 Å². The maximum absolute atomic E-state index is 8.27. The van der Waals surface area contributed by atoms with Crippen LogP contribution in [0, 0.1) is 17.4 Å². The summed E-state index contributed by atoms with van der Waals surface area (Å²) in [6, 6.07) is 11.7. The van der Waals surface area contributed by atoms with E-state index in [2.05, 4.69) is 6.07 Å². The van der Waals surface area contributed by atoms with Gasteiger partial charge >= 0.3 is 0 Å². The van der Waals surface area contributed by atoms with E-state index in [-0.39, 0.29) is 19.5 Å². The molecule has 0 aromatic heterocycles. The molecule has 1 rings (SSSR count). The molecule has 2 heteroatoms. The average molecular weight is 168 g/mol. The van der Waals surface area contributed by atoms with Gasteiger partial charge in [0, 0.05) is 25.5 Å². The van der Waals surface area contributed by atoms with Gasteiger partial charge in [-0.1, -0.05) is 5.56 Å². The van der Waals surface area contributed by atoms with Gasteiger partial charge in [-0.2, -0.15) is 30.3 Å². The van der Waals surface area contributed by atoms with Crippen LogP contribution in [0.25, 0.3) is 0 Å². The molecule has 0 unspecified atom stereocenters. The zero-order valence-corrected chi connectivity index (χ0v) is 7.93. The standard InChI is InChI=1S/C7H4N.Zn/c8-6-7-4-2-1-3-5-7;/h1-2,4-5H;/q-1;. The van der Waals surface area contributed by atoms with Crippen LogP contribution in [0.1, 0.15) is 5.56 Å². The zero-order valence-electron chi connectivity index (χ0n) is 4.96. The van der Waals surface area contributed by atoms with Crippen LogP contribution in [0.5, 0.6) is 0 Å². The fourth-order valence-electron chi connectivity index (χ4n) is 0.463. The Morgan fingerprint density at radius 1 is 1.56 bits per heavy atom. The molecule has 0 aliphatic heterocycles. The first-order valence-electron chi connectivity index (χ1n) is 2.29. The van der Waals surface area contributed by atoms with Gasteiger partial charge in [-0.3, -0.25) is 0 Å². The quantitative estimate of drug-likeness (QED) is 0.423. The molecule has 0 aliphatic carbocycles. The number of nitriles is 1. The molecule has 0 amide bonds. The van der Waals surface area contributed by atoms with E-state index in [9.17, 15) is 0 Å². The molecule has 0 saturated heterocycles. The van der Waals surface area contributed by atoms with Crippen LogP contribution in [0.4, 0.5) is 0 Å². The van der Waals surface area contributed by atoms with Crippen molar-refractivity contribution in [2.75, 3.05) is 0 Å². The van der Waals surface area contributed by atoms with Crippen molar-refractivity contribution in [2.45, 2.75) is 0 Å². The van der Waals surface area contributed by atoms with E-state index in [0.717, 1.165) is 0 Å². The van der Waals surface area contributed by atoms with Gasteiger partial charge in [-0.15, -0.1) is 0 Å². The van der Waals surface area contributed by atoms with E-state index < -0.39 is 0 Å². The summed E-state index contributed by atoms with van der Waals surface area (Å²) in [5.74, 6) is 0. The third-order valence-electron chi connectivity index (χ3n) is 0.836. The van der Waals surface area contributed by atoms with E-state index in [4.69, 9.17) is 5.26 Å². The summed E-state index contributed by atoms with van der Waals surface area (Å²) < 4.78 is 0. The minimum Gasteiger partial charge on any atom is -0.208 e. The van der Waals surface area contributed by atoms with Crippen molar-refractivity contribution >= 4 is 0 Å². The number of benzene rings is 1. The first-order valence-corrected chi connectivity index (χ1v) is 2.29. The Bertz CT molecular complexity index is 200. The van der Waals surface area contributed by atoms with Crippen molar-refractivity contribution in [3.05, 3.63) is 35.9 Å². The molecule has 0 N–H and O–H groups in total. The van der Waals surface area contributed by atoms with Crippen molar-refractivity contribution in [1.82, 2.24) is 0 Å². The molecule has 0 aliphatic rings. The summed E-state index contributed by atoms with van der Waals surface area (Å²) >= 11 is 0. The van der Waals surface area contributed by atoms with Crippen molar-refractivity contribution in [2.24, 2.45) is 0 Å². The van der Waals surface area contributed by atoms with Crippen LogP contribution in [-0.4, -0.2) is 0 Å². The molecule has 0 atom stereocenters. The van der Waals surface area contributed by atoms with E-state index in [0.29, 0.717) is 5.56 Å². The second-order valence-corrected chi connectivity index (χ2v) is 1.40. The fraction of sp³-hybridized carbons (Fsp3) is 0. The molecule has 1 aromatic carbocycles. The third-order valence-corrected chi connectivity index (χ3v) is 0.836. The first kappa shape index (κ1) is 8.33. The third kappa shape index (κ3) is 2.39. The number of hydrogen-bond donors (Lipinski definition) is 0. The summed E-state index contributed by atoms with van der Waals surface area (Å²) in [4.78, 5) is 0. The molecule has 0 saturated carbocycles. The van der Waals surface area contributed by atoms with Crippen molar-refractivity contribution in [1.29, 1.82) is 5.26 Å². The Kier molecular flexibility index (Phi) is 3.92. The Morgan fingerprint density at radius 2 is 2.33 bits per heavy atom. The SMILES string of the molecule is N#Cc1c[c-]ccc1.[Zn]. The smallest absolute Gasteiger partial charge is 0.0307 e. The Hall–Kier alpha value is -0.667. The minimum atomic E-state index is 0. The molecule has 1 nitrogen and oxygen atoms in total. The fourth-order valence-corrected chi connectivity index (χ4v) is 0.463. The largest absolute Gasteiger partial charge is 0.208 e. The van der Waals surface area contributed by atoms with Gasteiger partial charge in [-0.25, -0.2) is 5.26 Å². The molecular weight excluding hydrogens is 163 g/mol. The normalized spacial score (nSPS) is 7.00. The van der Waals surface area contributed by atoms with Crippen LogP contribution in [0.15, 0.2) is 24.3 Å². The van der Waals surface area contributed by atoms with Crippen LogP contribution in [0.2, 0.25) is 0 Å². The van der Waals surface area contributed by atoms with Crippen LogP contribution >= 0.6 is 0 Å². The van der Waals surface area contributed by atoms with E-state index in [1.807, 2.05) is 6.07 Å². The molecular formula is C7H4NZn-. The molecule has 0 radical (unpaired) electrons. The summed E-state index contributed by atoms with van der Waals surface area (Å²) in [6.07, 6.45) is 0. The Morgan fingerprint density at radius 3 is 2.67 bits per heavy atom. The molecule has 40 valence electrons. The Labute approximate surface area is 67.1 Å². The summed E-state index contributed by atoms with van der Waals surface area (Å²) in [5.41, 5.74) is 0.660.